The van der Waals surface area contributed by atoms with E-state index < -0.39 is 18.5 Å². The maximum Gasteiger partial charge on any atom is 0.103 e. The summed E-state index contributed by atoms with van der Waals surface area (Å²) in [5.41, 5.74) is 0. The number of rotatable bonds is 2. The number of halogens is 3. The van der Waals surface area contributed by atoms with Gasteiger partial charge in [0.2, 0.25) is 0 Å². The van der Waals surface area contributed by atoms with Crippen molar-refractivity contribution in [2.24, 2.45) is 29.6 Å². The van der Waals surface area contributed by atoms with Crippen molar-refractivity contribution in [1.29, 1.82) is 0 Å². The third-order valence-electron chi connectivity index (χ3n) is 6.97. The van der Waals surface area contributed by atoms with E-state index in [9.17, 15) is 13.2 Å². The average molecular weight is 316 g/mol. The number of alkyl halides is 3. The largest absolute Gasteiger partial charge is 0.247 e. The minimum absolute atomic E-state index is 0.0829. The molecule has 0 aromatic carbocycles. The fourth-order valence-electron chi connectivity index (χ4n) is 5.36. The first-order valence-corrected chi connectivity index (χ1v) is 9.46. The molecule has 128 valence electrons. The Morgan fingerprint density at radius 3 is 1.82 bits per heavy atom. The summed E-state index contributed by atoms with van der Waals surface area (Å²) in [5.74, 6) is 1.47. The van der Waals surface area contributed by atoms with E-state index in [0.717, 1.165) is 38.5 Å². The molecule has 0 aromatic heterocycles. The molecule has 0 aromatic rings. The molecule has 3 fully saturated rings. The van der Waals surface area contributed by atoms with Crippen LogP contribution in [0.3, 0.4) is 0 Å². The Hall–Kier alpha value is -0.210. The van der Waals surface area contributed by atoms with Gasteiger partial charge in [-0.2, -0.15) is 0 Å². The summed E-state index contributed by atoms with van der Waals surface area (Å²) in [6.07, 6.45) is 6.26. The summed E-state index contributed by atoms with van der Waals surface area (Å²) >= 11 is 0. The second kappa shape index (κ2) is 7.13. The van der Waals surface area contributed by atoms with Gasteiger partial charge in [-0.15, -0.1) is 0 Å². The van der Waals surface area contributed by atoms with Gasteiger partial charge in [-0.1, -0.05) is 6.92 Å². The van der Waals surface area contributed by atoms with Crippen LogP contribution < -0.4 is 0 Å². The Balaban J connectivity index is 1.52. The summed E-state index contributed by atoms with van der Waals surface area (Å²) in [6, 6.07) is 0. The molecule has 0 saturated heterocycles. The SMILES string of the molecule is CC1CCC(C2CCC(C3CCC(F)CC3)CC2F)CC1F. The first-order chi connectivity index (χ1) is 10.5. The van der Waals surface area contributed by atoms with Crippen molar-refractivity contribution in [1.82, 2.24) is 0 Å². The van der Waals surface area contributed by atoms with Gasteiger partial charge in [-0.3, -0.25) is 0 Å². The lowest BCUT2D eigenvalue weighted by atomic mass is 9.64. The van der Waals surface area contributed by atoms with E-state index in [0.29, 0.717) is 37.5 Å². The highest BCUT2D eigenvalue weighted by Crippen LogP contribution is 2.47. The zero-order valence-corrected chi connectivity index (χ0v) is 13.8. The molecule has 0 bridgehead atoms. The lowest BCUT2D eigenvalue weighted by Crippen LogP contribution is -2.38. The molecular weight excluding hydrogens is 285 g/mol. The Labute approximate surface area is 133 Å². The summed E-state index contributed by atoms with van der Waals surface area (Å²) < 4.78 is 42.0. The standard InChI is InChI=1S/C19H31F3/c1-12-2-3-15(11-18(12)21)17-9-6-14(10-19(17)22)13-4-7-16(20)8-5-13/h12-19H,2-11H2,1H3. The molecule has 6 atom stereocenters. The van der Waals surface area contributed by atoms with Crippen LogP contribution in [0, 0.1) is 29.6 Å². The van der Waals surface area contributed by atoms with Gasteiger partial charge in [0.25, 0.3) is 0 Å². The molecule has 3 saturated carbocycles. The van der Waals surface area contributed by atoms with Gasteiger partial charge in [-0.05, 0) is 93.8 Å². The molecule has 0 aliphatic heterocycles. The van der Waals surface area contributed by atoms with Crippen LogP contribution in [0.15, 0.2) is 0 Å². The first-order valence-electron chi connectivity index (χ1n) is 9.46. The van der Waals surface area contributed by atoms with Gasteiger partial charge in [-0.25, -0.2) is 13.2 Å². The zero-order chi connectivity index (χ0) is 15.7. The smallest absolute Gasteiger partial charge is 0.103 e. The topological polar surface area (TPSA) is 0 Å². The van der Waals surface area contributed by atoms with Crippen LogP contribution >= 0.6 is 0 Å². The number of hydrogen-bond acceptors (Lipinski definition) is 0. The van der Waals surface area contributed by atoms with Gasteiger partial charge in [0.15, 0.2) is 0 Å². The molecule has 22 heavy (non-hydrogen) atoms. The summed E-state index contributed by atoms with van der Waals surface area (Å²) in [5, 5.41) is 0. The molecule has 0 radical (unpaired) electrons. The van der Waals surface area contributed by atoms with Crippen molar-refractivity contribution < 1.29 is 13.2 Å². The third kappa shape index (κ3) is 3.64. The predicted molar refractivity (Wildman–Crippen MR) is 84.0 cm³/mol. The van der Waals surface area contributed by atoms with Gasteiger partial charge in [0.1, 0.15) is 18.5 Å². The van der Waals surface area contributed by atoms with Gasteiger partial charge < -0.3 is 0 Å². The van der Waals surface area contributed by atoms with E-state index in [-0.39, 0.29) is 17.8 Å². The lowest BCUT2D eigenvalue weighted by Gasteiger charge is -2.43. The van der Waals surface area contributed by atoms with E-state index in [2.05, 4.69) is 0 Å². The van der Waals surface area contributed by atoms with Crippen molar-refractivity contribution in [3.05, 3.63) is 0 Å². The monoisotopic (exact) mass is 316 g/mol. The average Bonchev–Trinajstić information content (AvgIpc) is 2.51. The van der Waals surface area contributed by atoms with Gasteiger partial charge >= 0.3 is 0 Å². The molecule has 6 unspecified atom stereocenters. The van der Waals surface area contributed by atoms with Crippen molar-refractivity contribution in [3.8, 4) is 0 Å². The van der Waals surface area contributed by atoms with Crippen molar-refractivity contribution >= 4 is 0 Å². The molecule has 3 aliphatic carbocycles. The molecular formula is C19H31F3. The molecule has 0 N–H and O–H groups in total. The fourth-order valence-corrected chi connectivity index (χ4v) is 5.36. The maximum absolute atomic E-state index is 14.7. The van der Waals surface area contributed by atoms with Crippen LogP contribution in [0.5, 0.6) is 0 Å². The quantitative estimate of drug-likeness (QED) is 0.582. The minimum atomic E-state index is -0.757. The van der Waals surface area contributed by atoms with Crippen molar-refractivity contribution in [2.45, 2.75) is 89.6 Å². The molecule has 3 aliphatic rings. The normalized spacial score (nSPS) is 50.7. The Kier molecular flexibility index (Phi) is 5.39. The van der Waals surface area contributed by atoms with Crippen molar-refractivity contribution in [2.75, 3.05) is 0 Å². The fraction of sp³-hybridized carbons (Fsp3) is 1.00. The van der Waals surface area contributed by atoms with E-state index in [1.165, 1.54) is 0 Å². The minimum Gasteiger partial charge on any atom is -0.247 e. The summed E-state index contributed by atoms with van der Waals surface area (Å²) in [4.78, 5) is 0. The second-order valence-electron chi connectivity index (χ2n) is 8.33. The summed E-state index contributed by atoms with van der Waals surface area (Å²) in [6.45, 7) is 1.98. The Bertz CT molecular complexity index is 351. The third-order valence-corrected chi connectivity index (χ3v) is 6.97. The van der Waals surface area contributed by atoms with Crippen LogP contribution in [0.1, 0.15) is 71.1 Å². The predicted octanol–water partition coefficient (Wildman–Crippen LogP) is 6.04. The van der Waals surface area contributed by atoms with Gasteiger partial charge in [0.05, 0.1) is 0 Å². The molecule has 0 amide bonds. The molecule has 3 heteroatoms. The van der Waals surface area contributed by atoms with Crippen molar-refractivity contribution in [3.63, 3.8) is 0 Å². The highest BCUT2D eigenvalue weighted by Gasteiger charge is 2.41. The highest BCUT2D eigenvalue weighted by molar-refractivity contribution is 4.91. The van der Waals surface area contributed by atoms with E-state index >= 15 is 0 Å². The van der Waals surface area contributed by atoms with E-state index in [1.54, 1.807) is 0 Å². The van der Waals surface area contributed by atoms with E-state index in [4.69, 9.17) is 0 Å². The van der Waals surface area contributed by atoms with E-state index in [1.807, 2.05) is 6.92 Å². The van der Waals surface area contributed by atoms with Crippen LogP contribution in [0.25, 0.3) is 0 Å². The van der Waals surface area contributed by atoms with Crippen LogP contribution in [-0.2, 0) is 0 Å². The number of hydrogen-bond donors (Lipinski definition) is 0. The molecule has 0 heterocycles. The Morgan fingerprint density at radius 2 is 1.18 bits per heavy atom. The highest BCUT2D eigenvalue weighted by atomic mass is 19.1. The molecule has 0 nitrogen and oxygen atoms in total. The lowest BCUT2D eigenvalue weighted by molar-refractivity contribution is 0.0150. The summed E-state index contributed by atoms with van der Waals surface area (Å²) in [7, 11) is 0. The second-order valence-corrected chi connectivity index (χ2v) is 8.33. The maximum atomic E-state index is 14.7. The first kappa shape index (κ1) is 16.6. The zero-order valence-electron chi connectivity index (χ0n) is 13.8. The van der Waals surface area contributed by atoms with Crippen LogP contribution in [0.4, 0.5) is 13.2 Å². The van der Waals surface area contributed by atoms with Gasteiger partial charge in [0, 0.05) is 0 Å². The van der Waals surface area contributed by atoms with Crippen LogP contribution in [-0.4, -0.2) is 18.5 Å². The Morgan fingerprint density at radius 1 is 0.591 bits per heavy atom. The molecule has 3 rings (SSSR count). The van der Waals surface area contributed by atoms with Crippen LogP contribution in [0.2, 0.25) is 0 Å². The molecule has 0 spiro atoms.